The van der Waals surface area contributed by atoms with Gasteiger partial charge in [0.25, 0.3) is 0 Å². The molecule has 1 aliphatic heterocycles. The average Bonchev–Trinajstić information content (AvgIpc) is 3.30. The Balaban J connectivity index is 1.54. The molecule has 0 bridgehead atoms. The highest BCUT2D eigenvalue weighted by atomic mass is 19.4. The molecule has 2 heterocycles. The van der Waals surface area contributed by atoms with Crippen LogP contribution in [0.5, 0.6) is 11.5 Å². The Hall–Kier alpha value is -3.30. The molecule has 1 aliphatic carbocycles. The fourth-order valence-corrected chi connectivity index (χ4v) is 4.43. The lowest BCUT2D eigenvalue weighted by Gasteiger charge is -2.38. The molecule has 0 unspecified atom stereocenters. The zero-order chi connectivity index (χ0) is 22.2. The number of alkyl halides is 3. The maximum absolute atomic E-state index is 13.3. The molecule has 0 saturated heterocycles. The van der Waals surface area contributed by atoms with Crippen molar-refractivity contribution in [2.45, 2.75) is 43.8 Å². The van der Waals surface area contributed by atoms with Gasteiger partial charge in [-0.15, -0.1) is 5.10 Å². The third-order valence-electron chi connectivity index (χ3n) is 5.95. The molecule has 10 heteroatoms. The van der Waals surface area contributed by atoms with Gasteiger partial charge in [-0.1, -0.05) is 25.3 Å². The van der Waals surface area contributed by atoms with Gasteiger partial charge in [0.2, 0.25) is 0 Å². The highest BCUT2D eigenvalue weighted by Crippen LogP contribution is 2.42. The van der Waals surface area contributed by atoms with Crippen molar-refractivity contribution in [3.05, 3.63) is 53.9 Å². The molecule has 2 aliphatic rings. The van der Waals surface area contributed by atoms with Crippen molar-refractivity contribution >= 4 is 5.69 Å². The first kappa shape index (κ1) is 20.6. The molecule has 0 atom stereocenters. The van der Waals surface area contributed by atoms with Crippen LogP contribution in [0, 0.1) is 0 Å². The number of halogens is 3. The minimum absolute atomic E-state index is 0.272. The summed E-state index contributed by atoms with van der Waals surface area (Å²) in [5.74, 6) is 1.84. The van der Waals surface area contributed by atoms with Crippen molar-refractivity contribution in [1.29, 1.82) is 0 Å². The number of nitrogens with one attached hydrogen (secondary N) is 1. The van der Waals surface area contributed by atoms with E-state index in [1.165, 1.54) is 10.7 Å². The van der Waals surface area contributed by atoms with Crippen molar-refractivity contribution in [3.63, 3.8) is 0 Å². The van der Waals surface area contributed by atoms with Gasteiger partial charge in [-0.05, 0) is 53.6 Å². The van der Waals surface area contributed by atoms with Crippen LogP contribution < -0.4 is 14.8 Å². The van der Waals surface area contributed by atoms with Crippen LogP contribution in [-0.2, 0) is 11.7 Å². The van der Waals surface area contributed by atoms with E-state index in [0.717, 1.165) is 49.9 Å². The third-order valence-corrected chi connectivity index (χ3v) is 5.95. The largest absolute Gasteiger partial charge is 0.486 e. The first-order chi connectivity index (χ1) is 15.4. The second-order valence-corrected chi connectivity index (χ2v) is 8.09. The quantitative estimate of drug-likeness (QED) is 0.626. The van der Waals surface area contributed by atoms with E-state index in [0.29, 0.717) is 30.5 Å². The molecular formula is C22H22F3N5O2. The van der Waals surface area contributed by atoms with Gasteiger partial charge in [0, 0.05) is 11.8 Å². The number of rotatable bonds is 4. The second-order valence-electron chi connectivity index (χ2n) is 8.09. The first-order valence-corrected chi connectivity index (χ1v) is 10.6. The topological polar surface area (TPSA) is 74.1 Å². The summed E-state index contributed by atoms with van der Waals surface area (Å²) in [4.78, 5) is 0. The van der Waals surface area contributed by atoms with Gasteiger partial charge < -0.3 is 14.8 Å². The van der Waals surface area contributed by atoms with Crippen LogP contribution in [0.1, 0.15) is 43.5 Å². The normalized spacial score (nSPS) is 17.7. The van der Waals surface area contributed by atoms with Crippen molar-refractivity contribution in [2.75, 3.05) is 18.5 Å². The minimum atomic E-state index is -4.45. The number of nitrogens with zero attached hydrogens (tertiary/aromatic N) is 4. The molecule has 1 fully saturated rings. The predicted molar refractivity (Wildman–Crippen MR) is 110 cm³/mol. The van der Waals surface area contributed by atoms with E-state index < -0.39 is 17.3 Å². The molecule has 0 radical (unpaired) electrons. The molecular weight excluding hydrogens is 423 g/mol. The van der Waals surface area contributed by atoms with Gasteiger partial charge in [0.1, 0.15) is 13.2 Å². The van der Waals surface area contributed by atoms with Crippen molar-refractivity contribution in [2.24, 2.45) is 0 Å². The molecule has 1 saturated carbocycles. The smallest absolute Gasteiger partial charge is 0.416 e. The van der Waals surface area contributed by atoms with Crippen LogP contribution in [0.15, 0.2) is 42.5 Å². The fraction of sp³-hybridized carbons (Fsp3) is 0.409. The van der Waals surface area contributed by atoms with E-state index in [1.54, 1.807) is 6.07 Å². The summed E-state index contributed by atoms with van der Waals surface area (Å²) >= 11 is 0. The molecule has 1 aromatic heterocycles. The summed E-state index contributed by atoms with van der Waals surface area (Å²) < 4.78 is 52.5. The SMILES string of the molecule is FC(F)(F)c1cccc(-n2nnnc2C2(Nc3ccc4c(c3)OCCO4)CCCCC2)c1. The average molecular weight is 445 g/mol. The summed E-state index contributed by atoms with van der Waals surface area (Å²) in [6.45, 7) is 0.991. The maximum Gasteiger partial charge on any atom is 0.416 e. The molecule has 3 aromatic rings. The number of anilines is 1. The van der Waals surface area contributed by atoms with E-state index in [-0.39, 0.29) is 5.69 Å². The summed E-state index contributed by atoms with van der Waals surface area (Å²) in [5, 5.41) is 15.7. The van der Waals surface area contributed by atoms with Crippen LogP contribution in [0.25, 0.3) is 5.69 Å². The molecule has 7 nitrogen and oxygen atoms in total. The van der Waals surface area contributed by atoms with E-state index in [4.69, 9.17) is 9.47 Å². The fourth-order valence-electron chi connectivity index (χ4n) is 4.43. The number of ether oxygens (including phenoxy) is 2. The zero-order valence-electron chi connectivity index (χ0n) is 17.2. The highest BCUT2D eigenvalue weighted by Gasteiger charge is 2.40. The molecule has 5 rings (SSSR count). The Kier molecular flexibility index (Phi) is 5.15. The van der Waals surface area contributed by atoms with E-state index in [1.807, 2.05) is 18.2 Å². The lowest BCUT2D eigenvalue weighted by Crippen LogP contribution is -2.40. The Morgan fingerprint density at radius 1 is 0.938 bits per heavy atom. The summed E-state index contributed by atoms with van der Waals surface area (Å²) in [7, 11) is 0. The van der Waals surface area contributed by atoms with Crippen molar-refractivity contribution in [1.82, 2.24) is 20.2 Å². The van der Waals surface area contributed by atoms with Gasteiger partial charge in [0.05, 0.1) is 16.8 Å². The number of aromatic nitrogens is 4. The van der Waals surface area contributed by atoms with E-state index in [2.05, 4.69) is 20.8 Å². The standard InChI is InChI=1S/C22H22F3N5O2/c23-22(24,25)15-5-4-6-17(13-15)30-20(27-28-29-30)21(9-2-1-3-10-21)26-16-7-8-18-19(14-16)32-12-11-31-18/h4-8,13-14,26H,1-3,9-12H2. The minimum Gasteiger partial charge on any atom is -0.486 e. The van der Waals surface area contributed by atoms with E-state index in [9.17, 15) is 13.2 Å². The Bertz CT molecular complexity index is 1110. The summed E-state index contributed by atoms with van der Waals surface area (Å²) in [6, 6.07) is 10.7. The number of benzene rings is 2. The number of hydrogen-bond acceptors (Lipinski definition) is 6. The highest BCUT2D eigenvalue weighted by molar-refractivity contribution is 5.57. The second kappa shape index (κ2) is 7.99. The Morgan fingerprint density at radius 3 is 2.50 bits per heavy atom. The zero-order valence-corrected chi connectivity index (χ0v) is 17.2. The van der Waals surface area contributed by atoms with E-state index >= 15 is 0 Å². The number of fused-ring (bicyclic) bond motifs is 1. The van der Waals surface area contributed by atoms with Gasteiger partial charge in [-0.3, -0.25) is 0 Å². The molecule has 32 heavy (non-hydrogen) atoms. The monoisotopic (exact) mass is 445 g/mol. The molecule has 168 valence electrons. The summed E-state index contributed by atoms with van der Waals surface area (Å²) in [5.41, 5.74) is -0.280. The molecule has 0 spiro atoms. The first-order valence-electron chi connectivity index (χ1n) is 10.6. The van der Waals surface area contributed by atoms with Gasteiger partial charge in [-0.25, -0.2) is 0 Å². The molecule has 2 aromatic carbocycles. The van der Waals surface area contributed by atoms with Crippen LogP contribution in [-0.4, -0.2) is 33.4 Å². The summed E-state index contributed by atoms with van der Waals surface area (Å²) in [6.07, 6.45) is 0.0351. The van der Waals surface area contributed by atoms with Crippen LogP contribution in [0.2, 0.25) is 0 Å². The van der Waals surface area contributed by atoms with Gasteiger partial charge in [0.15, 0.2) is 17.3 Å². The number of tetrazole rings is 1. The lowest BCUT2D eigenvalue weighted by atomic mass is 9.80. The lowest BCUT2D eigenvalue weighted by molar-refractivity contribution is -0.137. The van der Waals surface area contributed by atoms with Gasteiger partial charge >= 0.3 is 6.18 Å². The maximum atomic E-state index is 13.3. The van der Waals surface area contributed by atoms with Crippen LogP contribution in [0.3, 0.4) is 0 Å². The predicted octanol–water partition coefficient (Wildman–Crippen LogP) is 4.72. The Morgan fingerprint density at radius 2 is 1.72 bits per heavy atom. The Labute approximate surface area is 182 Å². The molecule has 0 amide bonds. The van der Waals surface area contributed by atoms with Gasteiger partial charge in [-0.2, -0.15) is 17.9 Å². The van der Waals surface area contributed by atoms with Crippen LogP contribution >= 0.6 is 0 Å². The van der Waals surface area contributed by atoms with Crippen LogP contribution in [0.4, 0.5) is 18.9 Å². The third kappa shape index (κ3) is 3.85. The molecule has 1 N–H and O–H groups in total. The van der Waals surface area contributed by atoms with Crippen molar-refractivity contribution in [3.8, 4) is 17.2 Å². The van der Waals surface area contributed by atoms with Crippen molar-refractivity contribution < 1.29 is 22.6 Å². The number of hydrogen-bond donors (Lipinski definition) is 1.